The first kappa shape index (κ1) is 13.9. The molecule has 3 nitrogen and oxygen atoms in total. The van der Waals surface area contributed by atoms with Gasteiger partial charge in [-0.1, -0.05) is 13.8 Å². The van der Waals surface area contributed by atoms with Crippen molar-refractivity contribution >= 4 is 0 Å². The molecule has 0 aromatic carbocycles. The van der Waals surface area contributed by atoms with Gasteiger partial charge in [-0.05, 0) is 44.2 Å². The van der Waals surface area contributed by atoms with Gasteiger partial charge in [0.25, 0.3) is 0 Å². The lowest BCUT2D eigenvalue weighted by Crippen LogP contribution is -2.29. The van der Waals surface area contributed by atoms with E-state index >= 15 is 0 Å². The molecule has 1 aliphatic heterocycles. The maximum Gasteiger partial charge on any atom is 0.0698 e. The van der Waals surface area contributed by atoms with Crippen LogP contribution in [0.3, 0.4) is 0 Å². The van der Waals surface area contributed by atoms with Crippen LogP contribution >= 0.6 is 0 Å². The maximum absolute atomic E-state index is 8.61. The molecule has 1 atom stereocenters. The summed E-state index contributed by atoms with van der Waals surface area (Å²) in [5.74, 6) is 1.73. The second-order valence-electron chi connectivity index (χ2n) is 5.11. The molecule has 0 amide bonds. The Hall–Kier alpha value is -0.120. The third-order valence-corrected chi connectivity index (χ3v) is 3.60. The summed E-state index contributed by atoms with van der Waals surface area (Å²) in [5.41, 5.74) is 0. The number of rotatable bonds is 6. The van der Waals surface area contributed by atoms with Gasteiger partial charge in [0.15, 0.2) is 0 Å². The molecule has 1 N–H and O–H groups in total. The van der Waals surface area contributed by atoms with Crippen molar-refractivity contribution in [2.75, 3.05) is 39.5 Å². The molecule has 1 heterocycles. The van der Waals surface area contributed by atoms with E-state index in [2.05, 4.69) is 18.7 Å². The highest BCUT2D eigenvalue weighted by molar-refractivity contribution is 4.72. The van der Waals surface area contributed by atoms with Crippen molar-refractivity contribution in [2.24, 2.45) is 11.8 Å². The summed E-state index contributed by atoms with van der Waals surface area (Å²) in [6, 6.07) is 0. The van der Waals surface area contributed by atoms with Crippen LogP contribution in [0.2, 0.25) is 0 Å². The molecule has 0 aliphatic carbocycles. The Bertz CT molecular complexity index is 173. The molecule has 1 rings (SSSR count). The van der Waals surface area contributed by atoms with E-state index in [4.69, 9.17) is 9.84 Å². The topological polar surface area (TPSA) is 32.7 Å². The van der Waals surface area contributed by atoms with Gasteiger partial charge in [-0.15, -0.1) is 0 Å². The standard InChI is InChI=1S/C13H27NO2/c1-12(2)13-4-3-6-14(7-5-13)8-10-16-11-9-15/h12-13,15H,3-11H2,1-2H3. The molecular formula is C13H27NO2. The lowest BCUT2D eigenvalue weighted by atomic mass is 9.89. The highest BCUT2D eigenvalue weighted by Gasteiger charge is 2.18. The molecule has 1 aliphatic rings. The van der Waals surface area contributed by atoms with E-state index < -0.39 is 0 Å². The number of hydrogen-bond donors (Lipinski definition) is 1. The molecule has 0 saturated carbocycles. The zero-order valence-corrected chi connectivity index (χ0v) is 10.8. The minimum absolute atomic E-state index is 0.134. The van der Waals surface area contributed by atoms with Gasteiger partial charge in [0.2, 0.25) is 0 Å². The van der Waals surface area contributed by atoms with Crippen LogP contribution in [0.1, 0.15) is 33.1 Å². The van der Waals surface area contributed by atoms with Crippen LogP contribution < -0.4 is 0 Å². The first-order valence-electron chi connectivity index (χ1n) is 6.65. The minimum atomic E-state index is 0.134. The predicted molar refractivity (Wildman–Crippen MR) is 66.5 cm³/mol. The molecule has 0 aromatic heterocycles. The number of nitrogens with zero attached hydrogens (tertiary/aromatic N) is 1. The van der Waals surface area contributed by atoms with E-state index in [1.807, 2.05) is 0 Å². The van der Waals surface area contributed by atoms with Gasteiger partial charge < -0.3 is 14.7 Å². The first-order valence-corrected chi connectivity index (χ1v) is 6.65. The SMILES string of the molecule is CC(C)C1CCCN(CCOCCO)CC1. The summed E-state index contributed by atoms with van der Waals surface area (Å²) in [4.78, 5) is 2.50. The summed E-state index contributed by atoms with van der Waals surface area (Å²) < 4.78 is 5.31. The highest BCUT2D eigenvalue weighted by atomic mass is 16.5. The van der Waals surface area contributed by atoms with Crippen LogP contribution in [-0.4, -0.2) is 49.5 Å². The van der Waals surface area contributed by atoms with E-state index in [0.29, 0.717) is 6.61 Å². The summed E-state index contributed by atoms with van der Waals surface area (Å²) in [6.45, 7) is 9.49. The smallest absolute Gasteiger partial charge is 0.0698 e. The Morgan fingerprint density at radius 3 is 2.75 bits per heavy atom. The Balaban J connectivity index is 2.15. The Morgan fingerprint density at radius 2 is 2.06 bits per heavy atom. The van der Waals surface area contributed by atoms with Crippen LogP contribution in [0.15, 0.2) is 0 Å². The fraction of sp³-hybridized carbons (Fsp3) is 1.00. The monoisotopic (exact) mass is 229 g/mol. The zero-order valence-electron chi connectivity index (χ0n) is 10.8. The molecule has 16 heavy (non-hydrogen) atoms. The number of hydrogen-bond acceptors (Lipinski definition) is 3. The molecular weight excluding hydrogens is 202 g/mol. The second kappa shape index (κ2) is 8.04. The van der Waals surface area contributed by atoms with Crippen molar-refractivity contribution in [3.8, 4) is 0 Å². The quantitative estimate of drug-likeness (QED) is 0.704. The van der Waals surface area contributed by atoms with Crippen molar-refractivity contribution in [3.05, 3.63) is 0 Å². The normalized spacial score (nSPS) is 23.6. The summed E-state index contributed by atoms with van der Waals surface area (Å²) in [6.07, 6.45) is 4.03. The van der Waals surface area contributed by atoms with E-state index in [9.17, 15) is 0 Å². The van der Waals surface area contributed by atoms with E-state index in [-0.39, 0.29) is 6.61 Å². The van der Waals surface area contributed by atoms with Gasteiger partial charge in [0.05, 0.1) is 19.8 Å². The van der Waals surface area contributed by atoms with E-state index in [1.165, 1.54) is 32.4 Å². The second-order valence-corrected chi connectivity index (χ2v) is 5.11. The molecule has 0 radical (unpaired) electrons. The fourth-order valence-corrected chi connectivity index (χ4v) is 2.43. The van der Waals surface area contributed by atoms with Crippen LogP contribution in [-0.2, 0) is 4.74 Å². The van der Waals surface area contributed by atoms with Crippen molar-refractivity contribution < 1.29 is 9.84 Å². The molecule has 0 bridgehead atoms. The Morgan fingerprint density at radius 1 is 1.25 bits per heavy atom. The van der Waals surface area contributed by atoms with Crippen LogP contribution in [0.4, 0.5) is 0 Å². The number of aliphatic hydroxyl groups is 1. The third-order valence-electron chi connectivity index (χ3n) is 3.60. The van der Waals surface area contributed by atoms with Crippen LogP contribution in [0.25, 0.3) is 0 Å². The summed E-state index contributed by atoms with van der Waals surface area (Å²) in [5, 5.41) is 8.61. The van der Waals surface area contributed by atoms with Gasteiger partial charge in [-0.25, -0.2) is 0 Å². The largest absolute Gasteiger partial charge is 0.394 e. The number of ether oxygens (including phenoxy) is 1. The summed E-state index contributed by atoms with van der Waals surface area (Å²) >= 11 is 0. The van der Waals surface area contributed by atoms with Gasteiger partial charge in [-0.3, -0.25) is 0 Å². The average molecular weight is 229 g/mol. The average Bonchev–Trinajstić information content (AvgIpc) is 2.50. The molecule has 3 heteroatoms. The fourth-order valence-electron chi connectivity index (χ4n) is 2.43. The zero-order chi connectivity index (χ0) is 11.8. The van der Waals surface area contributed by atoms with Crippen molar-refractivity contribution in [2.45, 2.75) is 33.1 Å². The van der Waals surface area contributed by atoms with E-state index in [1.54, 1.807) is 0 Å². The number of likely N-dealkylation sites (tertiary alicyclic amines) is 1. The van der Waals surface area contributed by atoms with E-state index in [0.717, 1.165) is 25.0 Å². The Labute approximate surface area is 99.8 Å². The van der Waals surface area contributed by atoms with Crippen molar-refractivity contribution in [1.29, 1.82) is 0 Å². The maximum atomic E-state index is 8.61. The van der Waals surface area contributed by atoms with Crippen LogP contribution in [0, 0.1) is 11.8 Å². The highest BCUT2D eigenvalue weighted by Crippen LogP contribution is 2.24. The molecule has 0 spiro atoms. The first-order chi connectivity index (χ1) is 7.74. The van der Waals surface area contributed by atoms with Gasteiger partial charge in [-0.2, -0.15) is 0 Å². The molecule has 96 valence electrons. The molecule has 1 fully saturated rings. The molecule has 0 aromatic rings. The summed E-state index contributed by atoms with van der Waals surface area (Å²) in [7, 11) is 0. The van der Waals surface area contributed by atoms with Crippen LogP contribution in [0.5, 0.6) is 0 Å². The van der Waals surface area contributed by atoms with Gasteiger partial charge >= 0.3 is 0 Å². The molecule has 1 unspecified atom stereocenters. The van der Waals surface area contributed by atoms with Crippen molar-refractivity contribution in [3.63, 3.8) is 0 Å². The van der Waals surface area contributed by atoms with Gasteiger partial charge in [0, 0.05) is 6.54 Å². The third kappa shape index (κ3) is 5.28. The predicted octanol–water partition coefficient (Wildman–Crippen LogP) is 1.75. The lowest BCUT2D eigenvalue weighted by molar-refractivity contribution is 0.0740. The molecule has 1 saturated heterocycles. The minimum Gasteiger partial charge on any atom is -0.394 e. The number of aliphatic hydroxyl groups excluding tert-OH is 1. The Kier molecular flexibility index (Phi) is 7.01. The lowest BCUT2D eigenvalue weighted by Gasteiger charge is -2.21. The van der Waals surface area contributed by atoms with Gasteiger partial charge in [0.1, 0.15) is 0 Å². The van der Waals surface area contributed by atoms with Crippen molar-refractivity contribution in [1.82, 2.24) is 4.90 Å².